The molecule has 0 saturated heterocycles. The Morgan fingerprint density at radius 2 is 1.83 bits per heavy atom. The van der Waals surface area contributed by atoms with Gasteiger partial charge in [-0.3, -0.25) is 14.5 Å². The molecule has 1 atom stereocenters. The molecule has 0 spiro atoms. The van der Waals surface area contributed by atoms with E-state index in [4.69, 9.17) is 18.9 Å². The summed E-state index contributed by atoms with van der Waals surface area (Å²) < 4.78 is 18.2. The number of anilines is 1. The Morgan fingerprint density at radius 1 is 1.03 bits per heavy atom. The molecule has 6 rings (SSSR count). The van der Waals surface area contributed by atoms with Crippen LogP contribution in [-0.4, -0.2) is 24.6 Å². The monoisotopic (exact) mass is 484 g/mol. The Labute approximate surface area is 204 Å². The van der Waals surface area contributed by atoms with E-state index in [1.165, 1.54) is 11.3 Å². The van der Waals surface area contributed by atoms with E-state index in [0.29, 0.717) is 45.3 Å². The number of rotatable bonds is 5. The average Bonchev–Trinajstić information content (AvgIpc) is 3.43. The number of carbonyl (C=O) groups is 1. The van der Waals surface area contributed by atoms with Gasteiger partial charge in [0.05, 0.1) is 40.9 Å². The molecule has 0 N–H and O–H groups in total. The molecule has 174 valence electrons. The maximum Gasteiger partial charge on any atom is 0.297 e. The van der Waals surface area contributed by atoms with E-state index in [1.807, 2.05) is 37.3 Å². The summed E-state index contributed by atoms with van der Waals surface area (Å²) in [5.41, 5.74) is 1.90. The minimum absolute atomic E-state index is 0.0332. The summed E-state index contributed by atoms with van der Waals surface area (Å²) >= 11 is 1.39. The van der Waals surface area contributed by atoms with Crippen LogP contribution in [-0.2, 0) is 0 Å². The number of aromatic nitrogens is 1. The van der Waals surface area contributed by atoms with Crippen molar-refractivity contribution in [3.05, 3.63) is 93.8 Å². The zero-order valence-corrected chi connectivity index (χ0v) is 19.8. The van der Waals surface area contributed by atoms with Crippen LogP contribution in [0.25, 0.3) is 21.2 Å². The number of fused-ring (bicyclic) bond motifs is 3. The van der Waals surface area contributed by atoms with E-state index in [2.05, 4.69) is 0 Å². The van der Waals surface area contributed by atoms with Crippen LogP contribution < -0.4 is 19.8 Å². The SMILES string of the molecule is CCOc1ccc([C@H]2c3c(oc4ccccc4c3=O)C(=O)N2c2nc3ccccc3s2)cc1OC. The van der Waals surface area contributed by atoms with Gasteiger partial charge in [-0.2, -0.15) is 0 Å². The maximum atomic E-state index is 13.8. The van der Waals surface area contributed by atoms with Gasteiger partial charge in [0.2, 0.25) is 5.76 Å². The molecule has 2 aromatic heterocycles. The quantitative estimate of drug-likeness (QED) is 0.325. The highest BCUT2D eigenvalue weighted by Gasteiger charge is 2.45. The molecule has 0 fully saturated rings. The van der Waals surface area contributed by atoms with Gasteiger partial charge in [0, 0.05) is 0 Å². The van der Waals surface area contributed by atoms with Crippen LogP contribution in [0.4, 0.5) is 5.13 Å². The van der Waals surface area contributed by atoms with Crippen LogP contribution in [0, 0.1) is 0 Å². The number of ether oxygens (including phenoxy) is 2. The standard InChI is InChI=1S/C27H20N2O5S/c1-3-33-19-13-12-15(14-20(19)32-2)23-22-24(30)16-8-4-6-10-18(16)34-25(22)26(31)29(23)27-28-17-9-5-7-11-21(17)35-27/h4-14,23H,3H2,1-2H3/t23-/m0/s1. The molecule has 0 aliphatic carbocycles. The number of methoxy groups -OCH3 is 1. The largest absolute Gasteiger partial charge is 0.493 e. The summed E-state index contributed by atoms with van der Waals surface area (Å²) in [5, 5.41) is 0.914. The molecule has 1 aliphatic heterocycles. The fourth-order valence-corrected chi connectivity index (χ4v) is 5.52. The van der Waals surface area contributed by atoms with Gasteiger partial charge in [0.15, 0.2) is 22.1 Å². The molecule has 5 aromatic rings. The number of hydrogen-bond acceptors (Lipinski definition) is 7. The third kappa shape index (κ3) is 3.29. The lowest BCUT2D eigenvalue weighted by molar-refractivity contribution is 0.0971. The van der Waals surface area contributed by atoms with Gasteiger partial charge in [0.25, 0.3) is 5.91 Å². The molecule has 3 heterocycles. The highest BCUT2D eigenvalue weighted by Crippen LogP contribution is 2.45. The van der Waals surface area contributed by atoms with E-state index in [9.17, 15) is 9.59 Å². The van der Waals surface area contributed by atoms with Gasteiger partial charge >= 0.3 is 0 Å². The summed E-state index contributed by atoms with van der Waals surface area (Å²) in [4.78, 5) is 33.8. The molecule has 0 bridgehead atoms. The van der Waals surface area contributed by atoms with Crippen molar-refractivity contribution in [2.45, 2.75) is 13.0 Å². The Kier molecular flexibility index (Phi) is 5.04. The Balaban J connectivity index is 1.62. The van der Waals surface area contributed by atoms with Crippen molar-refractivity contribution < 1.29 is 18.7 Å². The first-order valence-electron chi connectivity index (χ1n) is 11.2. The highest BCUT2D eigenvalue weighted by molar-refractivity contribution is 7.22. The smallest absolute Gasteiger partial charge is 0.297 e. The average molecular weight is 485 g/mol. The zero-order chi connectivity index (χ0) is 24.1. The number of nitrogens with zero attached hydrogens (tertiary/aromatic N) is 2. The third-order valence-corrected chi connectivity index (χ3v) is 7.11. The predicted octanol–water partition coefficient (Wildman–Crippen LogP) is 5.56. The summed E-state index contributed by atoms with van der Waals surface area (Å²) in [7, 11) is 1.56. The van der Waals surface area contributed by atoms with Crippen LogP contribution in [0.3, 0.4) is 0 Å². The topological polar surface area (TPSA) is 81.9 Å². The van der Waals surface area contributed by atoms with Crippen molar-refractivity contribution in [1.29, 1.82) is 0 Å². The fraction of sp³-hybridized carbons (Fsp3) is 0.148. The van der Waals surface area contributed by atoms with Crippen molar-refractivity contribution >= 4 is 43.6 Å². The molecule has 3 aromatic carbocycles. The van der Waals surface area contributed by atoms with Crippen molar-refractivity contribution in [2.75, 3.05) is 18.6 Å². The Hall–Kier alpha value is -4.17. The molecule has 0 radical (unpaired) electrons. The number of thiazole rings is 1. The van der Waals surface area contributed by atoms with Gasteiger partial charge in [-0.25, -0.2) is 4.98 Å². The maximum absolute atomic E-state index is 13.8. The van der Waals surface area contributed by atoms with Crippen molar-refractivity contribution in [3.63, 3.8) is 0 Å². The summed E-state index contributed by atoms with van der Waals surface area (Å²) in [6.07, 6.45) is 0. The van der Waals surface area contributed by atoms with E-state index >= 15 is 0 Å². The number of carbonyl (C=O) groups excluding carboxylic acids is 1. The highest BCUT2D eigenvalue weighted by atomic mass is 32.1. The lowest BCUT2D eigenvalue weighted by Gasteiger charge is -2.23. The number of amides is 1. The van der Waals surface area contributed by atoms with Crippen LogP contribution in [0.15, 0.2) is 75.9 Å². The minimum Gasteiger partial charge on any atom is -0.493 e. The van der Waals surface area contributed by atoms with Gasteiger partial charge < -0.3 is 13.9 Å². The fourth-order valence-electron chi connectivity index (χ4n) is 4.52. The molecule has 7 nitrogen and oxygen atoms in total. The first kappa shape index (κ1) is 21.4. The molecule has 0 unspecified atom stereocenters. The predicted molar refractivity (Wildman–Crippen MR) is 135 cm³/mol. The molecule has 35 heavy (non-hydrogen) atoms. The number of hydrogen-bond donors (Lipinski definition) is 0. The molecule has 1 amide bonds. The molecule has 8 heteroatoms. The van der Waals surface area contributed by atoms with Crippen LogP contribution in [0.1, 0.15) is 34.6 Å². The molecular formula is C27H20N2O5S. The van der Waals surface area contributed by atoms with Crippen LogP contribution in [0.5, 0.6) is 11.5 Å². The van der Waals surface area contributed by atoms with E-state index in [0.717, 1.165) is 10.2 Å². The first-order valence-corrected chi connectivity index (χ1v) is 12.0. The van der Waals surface area contributed by atoms with Crippen molar-refractivity contribution in [2.24, 2.45) is 0 Å². The number of para-hydroxylation sites is 2. The lowest BCUT2D eigenvalue weighted by Crippen LogP contribution is -2.29. The van der Waals surface area contributed by atoms with E-state index < -0.39 is 11.9 Å². The zero-order valence-electron chi connectivity index (χ0n) is 19.0. The second kappa shape index (κ2) is 8.25. The van der Waals surface area contributed by atoms with Crippen molar-refractivity contribution in [3.8, 4) is 11.5 Å². The van der Waals surface area contributed by atoms with E-state index in [-0.39, 0.29) is 11.2 Å². The minimum atomic E-state index is -0.733. The third-order valence-electron chi connectivity index (χ3n) is 6.07. The molecular weight excluding hydrogens is 464 g/mol. The molecule has 1 aliphatic rings. The van der Waals surface area contributed by atoms with Crippen LogP contribution >= 0.6 is 11.3 Å². The van der Waals surface area contributed by atoms with Gasteiger partial charge in [-0.1, -0.05) is 41.7 Å². The van der Waals surface area contributed by atoms with Crippen LogP contribution in [0.2, 0.25) is 0 Å². The number of benzene rings is 3. The van der Waals surface area contributed by atoms with E-state index in [1.54, 1.807) is 48.4 Å². The van der Waals surface area contributed by atoms with Gasteiger partial charge in [-0.05, 0) is 48.9 Å². The van der Waals surface area contributed by atoms with Gasteiger partial charge in [0.1, 0.15) is 5.58 Å². The second-order valence-electron chi connectivity index (χ2n) is 8.06. The first-order chi connectivity index (χ1) is 17.1. The van der Waals surface area contributed by atoms with Crippen molar-refractivity contribution in [1.82, 2.24) is 4.98 Å². The van der Waals surface area contributed by atoms with Gasteiger partial charge in [-0.15, -0.1) is 0 Å². The summed E-state index contributed by atoms with van der Waals surface area (Å²) in [6.45, 7) is 2.37. The Bertz CT molecular complexity index is 1640. The summed E-state index contributed by atoms with van der Waals surface area (Å²) in [6, 6.07) is 19.3. The Morgan fingerprint density at radius 3 is 2.63 bits per heavy atom. The molecule has 0 saturated carbocycles. The normalized spacial score (nSPS) is 15.1. The summed E-state index contributed by atoms with van der Waals surface area (Å²) in [5.74, 6) is 0.727. The second-order valence-corrected chi connectivity index (χ2v) is 9.06. The lowest BCUT2D eigenvalue weighted by atomic mass is 9.98.